The van der Waals surface area contributed by atoms with E-state index in [2.05, 4.69) is 35.2 Å². The summed E-state index contributed by atoms with van der Waals surface area (Å²) < 4.78 is 0. The molecule has 4 heterocycles. The Kier molecular flexibility index (Phi) is 3.29. The Bertz CT molecular complexity index is 1030. The molecule has 0 spiro atoms. The molecule has 4 aromatic rings. The lowest BCUT2D eigenvalue weighted by Crippen LogP contribution is -1.97. The second kappa shape index (κ2) is 5.73. The van der Waals surface area contributed by atoms with E-state index in [1.54, 1.807) is 18.6 Å². The fraction of sp³-hybridized carbons (Fsp3) is 0. The maximum Gasteiger partial charge on any atom is 0.158 e. The molecule has 8 heteroatoms. The molecule has 4 aromatic heterocycles. The summed E-state index contributed by atoms with van der Waals surface area (Å²) in [7, 11) is 0. The van der Waals surface area contributed by atoms with Crippen LogP contribution < -0.4 is 5.32 Å². The van der Waals surface area contributed by atoms with E-state index in [-0.39, 0.29) is 5.69 Å². The van der Waals surface area contributed by atoms with Crippen LogP contribution in [0, 0.1) is 11.3 Å². The predicted octanol–water partition coefficient (Wildman–Crippen LogP) is 2.43. The van der Waals surface area contributed by atoms with Gasteiger partial charge in [0.05, 0.1) is 24.1 Å². The Morgan fingerprint density at radius 1 is 1.04 bits per heavy atom. The Hall–Kier alpha value is -3.86. The summed E-state index contributed by atoms with van der Waals surface area (Å²) in [6.45, 7) is 0. The molecule has 24 heavy (non-hydrogen) atoms. The Morgan fingerprint density at radius 2 is 1.96 bits per heavy atom. The topological polar surface area (TPSA) is 116 Å². The molecule has 0 radical (unpaired) electrons. The molecule has 0 aliphatic carbocycles. The fourth-order valence-electron chi connectivity index (χ4n) is 2.20. The van der Waals surface area contributed by atoms with Gasteiger partial charge < -0.3 is 10.3 Å². The second-order valence-corrected chi connectivity index (χ2v) is 4.94. The molecule has 0 atom stereocenters. The lowest BCUT2D eigenvalue weighted by atomic mass is 10.3. The van der Waals surface area contributed by atoms with E-state index >= 15 is 0 Å². The van der Waals surface area contributed by atoms with Crippen LogP contribution in [-0.2, 0) is 0 Å². The van der Waals surface area contributed by atoms with Crippen molar-refractivity contribution in [3.63, 3.8) is 0 Å². The second-order valence-electron chi connectivity index (χ2n) is 4.94. The minimum Gasteiger partial charge on any atom is -0.338 e. The normalized spacial score (nSPS) is 10.5. The highest BCUT2D eigenvalue weighted by Crippen LogP contribution is 2.21. The van der Waals surface area contributed by atoms with Crippen molar-refractivity contribution in [3.05, 3.63) is 54.9 Å². The summed E-state index contributed by atoms with van der Waals surface area (Å²) in [4.78, 5) is 24.2. The molecule has 4 rings (SSSR count). The summed E-state index contributed by atoms with van der Waals surface area (Å²) in [6, 6.07) is 7.55. The number of hydrogen-bond acceptors (Lipinski definition) is 7. The minimum absolute atomic E-state index is 0.263. The molecule has 0 saturated carbocycles. The minimum atomic E-state index is 0.263. The molecule has 0 bridgehead atoms. The Morgan fingerprint density at radius 3 is 2.71 bits per heavy atom. The van der Waals surface area contributed by atoms with E-state index in [0.29, 0.717) is 11.6 Å². The average Bonchev–Trinajstić information content (AvgIpc) is 3.06. The molecular weight excluding hydrogens is 304 g/mol. The lowest BCUT2D eigenvalue weighted by molar-refractivity contribution is 1.15. The summed E-state index contributed by atoms with van der Waals surface area (Å²) in [5.41, 5.74) is 2.76. The molecule has 114 valence electrons. The zero-order valence-corrected chi connectivity index (χ0v) is 12.3. The lowest BCUT2D eigenvalue weighted by Gasteiger charge is -2.03. The summed E-state index contributed by atoms with van der Waals surface area (Å²) >= 11 is 0. The molecular formula is C16H10N8. The van der Waals surface area contributed by atoms with Gasteiger partial charge in [0.1, 0.15) is 29.0 Å². The molecule has 0 fully saturated rings. The quantitative estimate of drug-likeness (QED) is 0.596. The maximum absolute atomic E-state index is 8.73. The molecule has 0 aromatic carbocycles. The van der Waals surface area contributed by atoms with E-state index in [0.717, 1.165) is 22.4 Å². The van der Waals surface area contributed by atoms with Gasteiger partial charge in [-0.3, -0.25) is 4.98 Å². The fourth-order valence-corrected chi connectivity index (χ4v) is 2.20. The smallest absolute Gasteiger partial charge is 0.158 e. The number of hydrogen-bond donors (Lipinski definition) is 2. The van der Waals surface area contributed by atoms with Gasteiger partial charge in [-0.15, -0.1) is 0 Å². The SMILES string of the molecule is N#Cc1cnc(Nc2cc3[nH]c(-c4cccnc4)nc3cn2)cn1. The first-order valence-corrected chi connectivity index (χ1v) is 7.07. The Balaban J connectivity index is 1.64. The van der Waals surface area contributed by atoms with Crippen LogP contribution >= 0.6 is 0 Å². The van der Waals surface area contributed by atoms with Crippen LogP contribution in [0.5, 0.6) is 0 Å². The number of nitrogens with zero attached hydrogens (tertiary/aromatic N) is 6. The number of anilines is 2. The van der Waals surface area contributed by atoms with E-state index in [1.165, 1.54) is 12.4 Å². The number of aromatic nitrogens is 6. The van der Waals surface area contributed by atoms with Crippen molar-refractivity contribution in [1.82, 2.24) is 29.9 Å². The zero-order chi connectivity index (χ0) is 16.4. The third-order valence-electron chi connectivity index (χ3n) is 3.33. The molecule has 0 aliphatic heterocycles. The monoisotopic (exact) mass is 314 g/mol. The van der Waals surface area contributed by atoms with Crippen LogP contribution in [-0.4, -0.2) is 29.9 Å². The van der Waals surface area contributed by atoms with Gasteiger partial charge in [-0.25, -0.2) is 19.9 Å². The van der Waals surface area contributed by atoms with Crippen molar-refractivity contribution in [2.75, 3.05) is 5.32 Å². The van der Waals surface area contributed by atoms with Crippen LogP contribution in [0.1, 0.15) is 5.69 Å². The van der Waals surface area contributed by atoms with Crippen LogP contribution in [0.3, 0.4) is 0 Å². The van der Waals surface area contributed by atoms with E-state index in [4.69, 9.17) is 5.26 Å². The van der Waals surface area contributed by atoms with Crippen LogP contribution in [0.4, 0.5) is 11.6 Å². The number of rotatable bonds is 3. The molecule has 0 amide bonds. The van der Waals surface area contributed by atoms with Gasteiger partial charge in [0.25, 0.3) is 0 Å². The number of pyridine rings is 2. The average molecular weight is 314 g/mol. The van der Waals surface area contributed by atoms with Crippen molar-refractivity contribution >= 4 is 22.7 Å². The van der Waals surface area contributed by atoms with Gasteiger partial charge in [0, 0.05) is 24.0 Å². The number of aromatic amines is 1. The van der Waals surface area contributed by atoms with Gasteiger partial charge in [-0.05, 0) is 12.1 Å². The third kappa shape index (κ3) is 2.62. The highest BCUT2D eigenvalue weighted by molar-refractivity contribution is 5.81. The molecule has 0 unspecified atom stereocenters. The van der Waals surface area contributed by atoms with Gasteiger partial charge in [-0.1, -0.05) is 0 Å². The van der Waals surface area contributed by atoms with Crippen molar-refractivity contribution in [3.8, 4) is 17.5 Å². The predicted molar refractivity (Wildman–Crippen MR) is 87.1 cm³/mol. The van der Waals surface area contributed by atoms with E-state index in [1.807, 2.05) is 24.3 Å². The van der Waals surface area contributed by atoms with Gasteiger partial charge in [-0.2, -0.15) is 5.26 Å². The van der Waals surface area contributed by atoms with Gasteiger partial charge in [0.15, 0.2) is 5.69 Å². The summed E-state index contributed by atoms with van der Waals surface area (Å²) in [5.74, 6) is 1.84. The van der Waals surface area contributed by atoms with E-state index in [9.17, 15) is 0 Å². The molecule has 0 saturated heterocycles. The zero-order valence-electron chi connectivity index (χ0n) is 12.3. The van der Waals surface area contributed by atoms with Crippen LogP contribution in [0.2, 0.25) is 0 Å². The third-order valence-corrected chi connectivity index (χ3v) is 3.33. The van der Waals surface area contributed by atoms with Gasteiger partial charge >= 0.3 is 0 Å². The first kappa shape index (κ1) is 13.8. The highest BCUT2D eigenvalue weighted by atomic mass is 15.1. The Labute approximate surface area is 136 Å². The first-order valence-electron chi connectivity index (χ1n) is 7.07. The molecule has 2 N–H and O–H groups in total. The van der Waals surface area contributed by atoms with E-state index < -0.39 is 0 Å². The first-order chi connectivity index (χ1) is 11.8. The van der Waals surface area contributed by atoms with Crippen molar-refractivity contribution in [2.45, 2.75) is 0 Å². The molecule has 0 aliphatic rings. The maximum atomic E-state index is 8.73. The van der Waals surface area contributed by atoms with Crippen molar-refractivity contribution in [1.29, 1.82) is 5.26 Å². The van der Waals surface area contributed by atoms with Gasteiger partial charge in [0.2, 0.25) is 0 Å². The largest absolute Gasteiger partial charge is 0.338 e. The number of imidazole rings is 1. The number of fused-ring (bicyclic) bond motifs is 1. The highest BCUT2D eigenvalue weighted by Gasteiger charge is 2.07. The van der Waals surface area contributed by atoms with Crippen molar-refractivity contribution in [2.24, 2.45) is 0 Å². The summed E-state index contributed by atoms with van der Waals surface area (Å²) in [6.07, 6.45) is 8.02. The summed E-state index contributed by atoms with van der Waals surface area (Å²) in [5, 5.41) is 11.8. The number of nitriles is 1. The molecule has 8 nitrogen and oxygen atoms in total. The van der Waals surface area contributed by atoms with Crippen molar-refractivity contribution < 1.29 is 0 Å². The van der Waals surface area contributed by atoms with Crippen LogP contribution in [0.25, 0.3) is 22.4 Å². The number of nitrogens with one attached hydrogen (secondary N) is 2. The number of H-pyrrole nitrogens is 1. The standard InChI is InChI=1S/C16H10N8/c17-5-11-7-20-15(9-19-11)24-14-4-12-13(8-21-14)23-16(22-12)10-2-1-3-18-6-10/h1-4,6-9H,(H,22,23)(H,20,21,24). The van der Waals surface area contributed by atoms with Crippen LogP contribution in [0.15, 0.2) is 49.2 Å².